The molecule has 2 aliphatic heterocycles. The van der Waals surface area contributed by atoms with Crippen molar-refractivity contribution in [2.75, 3.05) is 31.6 Å². The minimum Gasteiger partial charge on any atom is -0.444 e. The highest BCUT2D eigenvalue weighted by Crippen LogP contribution is 2.34. The van der Waals surface area contributed by atoms with Crippen molar-refractivity contribution in [3.63, 3.8) is 0 Å². The number of anilines is 1. The zero-order chi connectivity index (χ0) is 45.3. The van der Waals surface area contributed by atoms with Crippen LogP contribution < -0.4 is 10.6 Å². The van der Waals surface area contributed by atoms with E-state index in [1.807, 2.05) is 90.1 Å². The van der Waals surface area contributed by atoms with Gasteiger partial charge in [-0.1, -0.05) is 48.0 Å². The van der Waals surface area contributed by atoms with E-state index in [1.165, 1.54) is 0 Å². The number of carbonyl (C=O) groups excluding carboxylic acids is 5. The number of ether oxygens (including phenoxy) is 2. The quantitative estimate of drug-likeness (QED) is 0.152. The monoisotopic (exact) mass is 880 g/mol. The molecule has 2 fully saturated rings. The first kappa shape index (κ1) is 47.1. The second-order valence-corrected chi connectivity index (χ2v) is 19.4. The highest BCUT2D eigenvalue weighted by molar-refractivity contribution is 6.33. The molecule has 3 amide bonds. The largest absolute Gasteiger partial charge is 0.444 e. The Morgan fingerprint density at radius 3 is 2.05 bits per heavy atom. The molecule has 0 unspecified atom stereocenters. The van der Waals surface area contributed by atoms with Crippen molar-refractivity contribution in [1.29, 1.82) is 0 Å². The molecule has 336 valence electrons. The van der Waals surface area contributed by atoms with E-state index in [9.17, 15) is 24.0 Å². The van der Waals surface area contributed by atoms with Crippen LogP contribution in [0.1, 0.15) is 114 Å². The number of nitrogens with one attached hydrogen (secondary N) is 2. The van der Waals surface area contributed by atoms with E-state index in [4.69, 9.17) is 21.1 Å². The van der Waals surface area contributed by atoms with E-state index in [2.05, 4.69) is 25.9 Å². The van der Waals surface area contributed by atoms with E-state index >= 15 is 0 Å². The van der Waals surface area contributed by atoms with Crippen molar-refractivity contribution in [3.05, 3.63) is 88.4 Å². The van der Waals surface area contributed by atoms with Gasteiger partial charge in [0.05, 0.1) is 0 Å². The van der Waals surface area contributed by atoms with E-state index in [0.717, 1.165) is 47.9 Å². The molecular weight excluding hydrogens is 820 g/mol. The number of hydrogen-bond acceptors (Lipinski definition) is 10. The number of rotatable bonds is 14. The number of aliphatic imine (C=N–C) groups is 1. The minimum absolute atomic E-state index is 0.0160. The third-order valence-corrected chi connectivity index (χ3v) is 12.0. The highest BCUT2D eigenvalue weighted by Gasteiger charge is 2.32. The number of Topliss-reactive ketones (excluding diaryl/α,β-unsaturated/α-hetero) is 2. The van der Waals surface area contributed by atoms with Gasteiger partial charge < -0.3 is 25.0 Å². The Kier molecular flexibility index (Phi) is 15.6. The van der Waals surface area contributed by atoms with Gasteiger partial charge in [0.2, 0.25) is 5.91 Å². The lowest BCUT2D eigenvalue weighted by Gasteiger charge is -2.33. The van der Waals surface area contributed by atoms with Gasteiger partial charge in [-0.3, -0.25) is 14.4 Å². The third-order valence-electron chi connectivity index (χ3n) is 11.7. The molecule has 1 saturated heterocycles. The molecule has 3 aromatic rings. The minimum atomic E-state index is -0.624. The van der Waals surface area contributed by atoms with Gasteiger partial charge in [0.25, 0.3) is 0 Å². The Balaban J connectivity index is 1.07. The van der Waals surface area contributed by atoms with Crippen LogP contribution in [-0.2, 0) is 25.5 Å². The number of nitrogens with zero attached hydrogens (tertiary/aromatic N) is 4. The molecule has 13 nitrogen and oxygen atoms in total. The summed E-state index contributed by atoms with van der Waals surface area (Å²) in [6.45, 7) is 12.9. The third kappa shape index (κ3) is 14.0. The molecule has 3 aromatic carbocycles. The van der Waals surface area contributed by atoms with Crippen molar-refractivity contribution in [3.8, 4) is 11.1 Å². The Morgan fingerprint density at radius 1 is 0.794 bits per heavy atom. The summed E-state index contributed by atoms with van der Waals surface area (Å²) in [5, 5.41) is 14.3. The topological polar surface area (TPSA) is 168 Å². The lowest BCUT2D eigenvalue weighted by molar-refractivity contribution is -0.129. The Labute approximate surface area is 375 Å². The number of amidine groups is 1. The second-order valence-electron chi connectivity index (χ2n) is 19.0. The molecule has 0 aromatic heterocycles. The first-order chi connectivity index (χ1) is 29.9. The molecule has 1 aliphatic carbocycles. The maximum atomic E-state index is 14.0. The number of alkyl carbamates (subject to hydrolysis) is 1. The van der Waals surface area contributed by atoms with Crippen molar-refractivity contribution < 1.29 is 33.4 Å². The van der Waals surface area contributed by atoms with Gasteiger partial charge in [0.15, 0.2) is 18.3 Å². The van der Waals surface area contributed by atoms with Gasteiger partial charge in [-0.05, 0) is 140 Å². The number of benzene rings is 3. The number of hydrogen-bond donors (Lipinski definition) is 2. The summed E-state index contributed by atoms with van der Waals surface area (Å²) in [5.41, 5.74) is 3.35. The molecule has 3 aliphatic rings. The summed E-state index contributed by atoms with van der Waals surface area (Å²) in [6.07, 6.45) is 4.53. The van der Waals surface area contributed by atoms with Gasteiger partial charge in [-0.25, -0.2) is 14.6 Å². The summed E-state index contributed by atoms with van der Waals surface area (Å²) < 4.78 is 10.9. The summed E-state index contributed by atoms with van der Waals surface area (Å²) in [7, 11) is 0. The van der Waals surface area contributed by atoms with Crippen LogP contribution in [0.4, 0.5) is 15.3 Å². The Hall–Kier alpha value is -5.43. The van der Waals surface area contributed by atoms with Gasteiger partial charge in [-0.2, -0.15) is 5.11 Å². The van der Waals surface area contributed by atoms with Crippen LogP contribution in [-0.4, -0.2) is 77.9 Å². The summed E-state index contributed by atoms with van der Waals surface area (Å²) >= 11 is 6.80. The molecule has 2 N–H and O–H groups in total. The molecule has 14 heteroatoms. The summed E-state index contributed by atoms with van der Waals surface area (Å²) in [5.74, 6) is 0.0304. The predicted octanol–water partition coefficient (Wildman–Crippen LogP) is 10.5. The van der Waals surface area contributed by atoms with E-state index in [1.54, 1.807) is 23.1 Å². The standard InChI is InChI=1S/C49H61ClN6O7/c1-48(2,3)62-46(60)51-29-33-9-13-35(14-10-33)43(58)28-38(45(59)54-39-18-15-36(16-19-39)44-52-30-53-55-44)25-31-7-11-34(12-8-31)40-20-17-37(27-41(40)50)42(57)26-32-21-23-56(24-22-32)47(61)63-49(4,5)6/h7-8,11-12,15-20,27,32-33,35,38H,9-10,13-14,21-26,28-30H2,1-6H3,(H,51,60)(H,54,59)/t33?,35?,38-/m1/s1. The fourth-order valence-electron chi connectivity index (χ4n) is 8.28. The molecule has 1 atom stereocenters. The van der Waals surface area contributed by atoms with Crippen LogP contribution >= 0.6 is 11.6 Å². The summed E-state index contributed by atoms with van der Waals surface area (Å²) in [4.78, 5) is 71.8. The Morgan fingerprint density at radius 2 is 1.44 bits per heavy atom. The van der Waals surface area contributed by atoms with Crippen molar-refractivity contribution in [1.82, 2.24) is 10.2 Å². The molecule has 0 bridgehead atoms. The van der Waals surface area contributed by atoms with E-state index in [0.29, 0.717) is 74.1 Å². The van der Waals surface area contributed by atoms with Crippen molar-refractivity contribution >= 4 is 52.8 Å². The number of ketones is 2. The van der Waals surface area contributed by atoms with Crippen molar-refractivity contribution in [2.24, 2.45) is 38.9 Å². The van der Waals surface area contributed by atoms with Crippen molar-refractivity contribution in [2.45, 2.75) is 111 Å². The first-order valence-corrected chi connectivity index (χ1v) is 22.5. The average Bonchev–Trinajstić information content (AvgIpc) is 3.78. The van der Waals surface area contributed by atoms with Crippen LogP contribution in [0.5, 0.6) is 0 Å². The number of piperidine rings is 1. The fraction of sp³-hybridized carbons (Fsp3) is 0.510. The number of azo groups is 1. The van der Waals surface area contributed by atoms with Gasteiger partial charge in [0.1, 0.15) is 17.0 Å². The maximum Gasteiger partial charge on any atom is 0.410 e. The average molecular weight is 882 g/mol. The van der Waals surface area contributed by atoms with Crippen LogP contribution in [0.2, 0.25) is 5.02 Å². The van der Waals surface area contributed by atoms with Crippen LogP contribution in [0, 0.1) is 23.7 Å². The lowest BCUT2D eigenvalue weighted by Crippen LogP contribution is -2.42. The van der Waals surface area contributed by atoms with E-state index in [-0.39, 0.29) is 47.7 Å². The smallest absolute Gasteiger partial charge is 0.410 e. The second kappa shape index (κ2) is 20.8. The molecule has 63 heavy (non-hydrogen) atoms. The molecule has 2 heterocycles. The van der Waals surface area contributed by atoms with E-state index < -0.39 is 23.2 Å². The maximum absolute atomic E-state index is 14.0. The number of halogens is 1. The normalized spacial score (nSPS) is 18.6. The zero-order valence-electron chi connectivity index (χ0n) is 37.4. The lowest BCUT2D eigenvalue weighted by atomic mass is 9.77. The Bertz CT molecular complexity index is 2180. The highest BCUT2D eigenvalue weighted by atomic mass is 35.5. The number of carbonyl (C=O) groups is 5. The molecule has 6 rings (SSSR count). The number of amides is 3. The van der Waals surface area contributed by atoms with Crippen LogP contribution in [0.25, 0.3) is 11.1 Å². The molecule has 0 radical (unpaired) electrons. The number of likely N-dealkylation sites (tertiary alicyclic amines) is 1. The fourth-order valence-corrected chi connectivity index (χ4v) is 8.57. The predicted molar refractivity (Wildman–Crippen MR) is 244 cm³/mol. The molecular formula is C49H61ClN6O7. The molecule has 1 saturated carbocycles. The summed E-state index contributed by atoms with van der Waals surface area (Å²) in [6, 6.07) is 20.4. The SMILES string of the molecule is CC(C)(C)OC(=O)NCC1CCC(C(=O)C[C@@H](Cc2ccc(-c3ccc(C(=O)CC4CCN(C(=O)OC(C)(C)C)CC4)cc3Cl)cc2)C(=O)Nc2ccc(C3=NCN=N3)cc2)CC1. The van der Waals surface area contributed by atoms with Gasteiger partial charge in [-0.15, -0.1) is 5.11 Å². The van der Waals surface area contributed by atoms with Crippen LogP contribution in [0.3, 0.4) is 0 Å². The van der Waals surface area contributed by atoms with Gasteiger partial charge in [0, 0.05) is 71.7 Å². The van der Waals surface area contributed by atoms with Crippen LogP contribution in [0.15, 0.2) is 82.0 Å². The van der Waals surface area contributed by atoms with Gasteiger partial charge >= 0.3 is 12.2 Å². The zero-order valence-corrected chi connectivity index (χ0v) is 38.1. The first-order valence-electron chi connectivity index (χ1n) is 22.1. The molecule has 0 spiro atoms.